The quantitative estimate of drug-likeness (QED) is 0.909. The van der Waals surface area contributed by atoms with Crippen LogP contribution in [0.5, 0.6) is 0 Å². The van der Waals surface area contributed by atoms with E-state index >= 15 is 0 Å². The van der Waals surface area contributed by atoms with Gasteiger partial charge in [-0.2, -0.15) is 11.8 Å². The van der Waals surface area contributed by atoms with Gasteiger partial charge in [-0.3, -0.25) is 9.78 Å². The summed E-state index contributed by atoms with van der Waals surface area (Å²) in [6.45, 7) is 0.716. The van der Waals surface area contributed by atoms with Gasteiger partial charge in [0.15, 0.2) is 0 Å². The summed E-state index contributed by atoms with van der Waals surface area (Å²) < 4.78 is 1.22. The van der Waals surface area contributed by atoms with Crippen molar-refractivity contribution in [3.05, 3.63) is 23.2 Å². The molecule has 0 spiro atoms. The molecule has 1 saturated carbocycles. The first-order chi connectivity index (χ1) is 9.15. The molecule has 2 aromatic heterocycles. The van der Waals surface area contributed by atoms with E-state index in [1.807, 2.05) is 23.9 Å². The van der Waals surface area contributed by atoms with Gasteiger partial charge in [-0.15, -0.1) is 11.3 Å². The average molecular weight is 293 g/mol. The molecule has 1 amide bonds. The summed E-state index contributed by atoms with van der Waals surface area (Å²) in [7, 11) is 0. The molecule has 0 saturated heterocycles. The van der Waals surface area contributed by atoms with E-state index in [2.05, 4.69) is 16.6 Å². The van der Waals surface area contributed by atoms with Crippen LogP contribution in [0.4, 0.5) is 5.69 Å². The Morgan fingerprint density at radius 1 is 1.63 bits per heavy atom. The van der Waals surface area contributed by atoms with Crippen LogP contribution in [0.1, 0.15) is 22.5 Å². The zero-order valence-corrected chi connectivity index (χ0v) is 12.2. The molecule has 4 nitrogen and oxygen atoms in total. The molecule has 0 aliphatic heterocycles. The van der Waals surface area contributed by atoms with Crippen molar-refractivity contribution < 1.29 is 4.79 Å². The smallest absolute Gasteiger partial charge is 0.263 e. The van der Waals surface area contributed by atoms with E-state index in [9.17, 15) is 4.79 Å². The monoisotopic (exact) mass is 293 g/mol. The molecule has 19 heavy (non-hydrogen) atoms. The number of hydrogen-bond acceptors (Lipinski definition) is 5. The number of pyridine rings is 1. The third-order valence-corrected chi connectivity index (χ3v) is 6.08. The minimum atomic E-state index is -0.0826. The molecule has 100 valence electrons. The van der Waals surface area contributed by atoms with Crippen molar-refractivity contribution in [3.8, 4) is 0 Å². The van der Waals surface area contributed by atoms with Crippen LogP contribution in [-0.4, -0.2) is 28.4 Å². The van der Waals surface area contributed by atoms with Gasteiger partial charge in [0.25, 0.3) is 5.91 Å². The van der Waals surface area contributed by atoms with Crippen LogP contribution in [0, 0.1) is 0 Å². The zero-order valence-electron chi connectivity index (χ0n) is 10.6. The van der Waals surface area contributed by atoms with Gasteiger partial charge >= 0.3 is 0 Å². The lowest BCUT2D eigenvalue weighted by atomic mass is 10.3. The van der Waals surface area contributed by atoms with Crippen LogP contribution in [0.25, 0.3) is 10.2 Å². The summed E-state index contributed by atoms with van der Waals surface area (Å²) in [5.41, 5.74) is 7.23. The zero-order chi connectivity index (χ0) is 13.5. The first-order valence-electron chi connectivity index (χ1n) is 6.11. The van der Waals surface area contributed by atoms with Crippen molar-refractivity contribution in [1.82, 2.24) is 10.3 Å². The van der Waals surface area contributed by atoms with E-state index in [1.165, 1.54) is 24.2 Å². The van der Waals surface area contributed by atoms with Crippen LogP contribution in [0.15, 0.2) is 18.3 Å². The summed E-state index contributed by atoms with van der Waals surface area (Å²) >= 11 is 3.23. The lowest BCUT2D eigenvalue weighted by Gasteiger charge is -2.12. The van der Waals surface area contributed by atoms with Crippen molar-refractivity contribution in [2.24, 2.45) is 0 Å². The first-order valence-corrected chi connectivity index (χ1v) is 8.16. The van der Waals surface area contributed by atoms with E-state index in [4.69, 9.17) is 5.73 Å². The maximum Gasteiger partial charge on any atom is 0.263 e. The van der Waals surface area contributed by atoms with E-state index in [0.29, 0.717) is 17.1 Å². The fourth-order valence-corrected chi connectivity index (χ4v) is 3.75. The van der Waals surface area contributed by atoms with E-state index in [1.54, 1.807) is 6.20 Å². The van der Waals surface area contributed by atoms with E-state index in [0.717, 1.165) is 10.2 Å². The highest BCUT2D eigenvalue weighted by Crippen LogP contribution is 2.46. The fourth-order valence-electron chi connectivity index (χ4n) is 2.03. The summed E-state index contributed by atoms with van der Waals surface area (Å²) in [4.78, 5) is 17.0. The second kappa shape index (κ2) is 4.68. The standard InChI is InChI=1S/C13H15N3OS2/c1-18-13(4-5-13)7-16-12(17)11-9(14)10-8(19-11)3-2-6-15-10/h2-3,6H,4-5,7,14H2,1H3,(H,16,17). The van der Waals surface area contributed by atoms with Crippen LogP contribution in [-0.2, 0) is 0 Å². The number of aromatic nitrogens is 1. The van der Waals surface area contributed by atoms with Gasteiger partial charge in [0.1, 0.15) is 10.4 Å². The summed E-state index contributed by atoms with van der Waals surface area (Å²) in [5.74, 6) is -0.0826. The molecule has 0 unspecified atom stereocenters. The number of rotatable bonds is 4. The Kier molecular flexibility index (Phi) is 3.14. The number of anilines is 1. The summed E-state index contributed by atoms with van der Waals surface area (Å²) in [5, 5.41) is 3.00. The maximum absolute atomic E-state index is 12.2. The molecule has 2 aromatic rings. The Balaban J connectivity index is 1.80. The van der Waals surface area contributed by atoms with Crippen molar-refractivity contribution >= 4 is 44.9 Å². The molecule has 3 rings (SSSR count). The van der Waals surface area contributed by atoms with Crippen LogP contribution < -0.4 is 11.1 Å². The number of fused-ring (bicyclic) bond motifs is 1. The fraction of sp³-hybridized carbons (Fsp3) is 0.385. The molecular formula is C13H15N3OS2. The number of nitrogens with zero attached hydrogens (tertiary/aromatic N) is 1. The van der Waals surface area contributed by atoms with Gasteiger partial charge in [-0.25, -0.2) is 0 Å². The molecular weight excluding hydrogens is 278 g/mol. The maximum atomic E-state index is 12.2. The minimum Gasteiger partial charge on any atom is -0.396 e. The van der Waals surface area contributed by atoms with E-state index in [-0.39, 0.29) is 10.7 Å². The third-order valence-electron chi connectivity index (χ3n) is 3.50. The topological polar surface area (TPSA) is 68.0 Å². The van der Waals surface area contributed by atoms with Gasteiger partial charge in [0, 0.05) is 17.5 Å². The Morgan fingerprint density at radius 2 is 2.42 bits per heavy atom. The SMILES string of the molecule is CSC1(CNC(=O)c2sc3cccnc3c2N)CC1. The Hall–Kier alpha value is -1.27. The first kappa shape index (κ1) is 12.7. The molecule has 6 heteroatoms. The lowest BCUT2D eigenvalue weighted by molar-refractivity contribution is 0.0958. The Bertz CT molecular complexity index is 634. The van der Waals surface area contributed by atoms with Gasteiger partial charge in [0.2, 0.25) is 0 Å². The number of thiophene rings is 1. The number of nitrogens with two attached hydrogens (primary N) is 1. The normalized spacial score (nSPS) is 16.5. The largest absolute Gasteiger partial charge is 0.396 e. The number of thioether (sulfide) groups is 1. The number of nitrogen functional groups attached to an aromatic ring is 1. The molecule has 0 aromatic carbocycles. The van der Waals surface area contributed by atoms with Gasteiger partial charge in [0.05, 0.1) is 10.4 Å². The second-order valence-corrected chi connectivity index (χ2v) is 7.09. The predicted molar refractivity (Wildman–Crippen MR) is 81.8 cm³/mol. The Morgan fingerprint density at radius 3 is 3.05 bits per heavy atom. The van der Waals surface area contributed by atoms with Crippen LogP contribution >= 0.6 is 23.1 Å². The number of carbonyl (C=O) groups is 1. The molecule has 3 N–H and O–H groups in total. The van der Waals surface area contributed by atoms with Crippen molar-refractivity contribution in [1.29, 1.82) is 0 Å². The molecule has 2 heterocycles. The highest BCUT2D eigenvalue weighted by molar-refractivity contribution is 8.00. The summed E-state index contributed by atoms with van der Waals surface area (Å²) in [6, 6.07) is 3.79. The number of carbonyl (C=O) groups excluding carboxylic acids is 1. The van der Waals surface area contributed by atoms with Gasteiger partial charge < -0.3 is 11.1 Å². The predicted octanol–water partition coefficient (Wildman–Crippen LogP) is 2.50. The number of amides is 1. The minimum absolute atomic E-state index is 0.0826. The molecule has 0 bridgehead atoms. The molecule has 1 aliphatic rings. The average Bonchev–Trinajstić information content (AvgIpc) is 3.15. The molecule has 1 aliphatic carbocycles. The second-order valence-electron chi connectivity index (χ2n) is 4.76. The van der Waals surface area contributed by atoms with Crippen molar-refractivity contribution in [2.75, 3.05) is 18.5 Å². The molecule has 1 fully saturated rings. The van der Waals surface area contributed by atoms with E-state index < -0.39 is 0 Å². The lowest BCUT2D eigenvalue weighted by Crippen LogP contribution is -2.31. The number of nitrogens with one attached hydrogen (secondary N) is 1. The molecule has 0 atom stereocenters. The highest BCUT2D eigenvalue weighted by atomic mass is 32.2. The van der Waals surface area contributed by atoms with Crippen LogP contribution in [0.3, 0.4) is 0 Å². The third kappa shape index (κ3) is 2.30. The van der Waals surface area contributed by atoms with Gasteiger partial charge in [-0.05, 0) is 31.2 Å². The molecule has 0 radical (unpaired) electrons. The summed E-state index contributed by atoms with van der Waals surface area (Å²) in [6.07, 6.45) is 6.15. The van der Waals surface area contributed by atoms with Crippen molar-refractivity contribution in [2.45, 2.75) is 17.6 Å². The highest BCUT2D eigenvalue weighted by Gasteiger charge is 2.42. The van der Waals surface area contributed by atoms with Crippen LogP contribution in [0.2, 0.25) is 0 Å². The van der Waals surface area contributed by atoms with Crippen molar-refractivity contribution in [3.63, 3.8) is 0 Å². The number of hydrogen-bond donors (Lipinski definition) is 2. The van der Waals surface area contributed by atoms with Gasteiger partial charge in [-0.1, -0.05) is 0 Å². The Labute approximate surface area is 119 Å².